The molecule has 0 unspecified atom stereocenters. The summed E-state index contributed by atoms with van der Waals surface area (Å²) < 4.78 is 54.8. The molecule has 0 fully saturated rings. The Morgan fingerprint density at radius 1 is 0.655 bits per heavy atom. The van der Waals surface area contributed by atoms with Gasteiger partial charge in [-0.25, -0.2) is 16.8 Å². The molecule has 0 atom stereocenters. The fourth-order valence-electron chi connectivity index (χ4n) is 2.34. The van der Waals surface area contributed by atoms with Crippen LogP contribution in [0.5, 0.6) is 0 Å². The Balaban J connectivity index is 1.83. The molecule has 0 heterocycles. The lowest BCUT2D eigenvalue weighted by Crippen LogP contribution is -2.15. The second-order valence-corrected chi connectivity index (χ2v) is 10.4. The van der Waals surface area contributed by atoms with E-state index in [1.165, 1.54) is 48.5 Å². The van der Waals surface area contributed by atoms with Gasteiger partial charge in [0.1, 0.15) is 4.90 Å². The average molecular weight is 492 g/mol. The quantitative estimate of drug-likeness (QED) is 0.493. The number of hydrogen-bond donors (Lipinski definition) is 2. The molecule has 0 aliphatic rings. The van der Waals surface area contributed by atoms with Crippen LogP contribution in [0.1, 0.15) is 0 Å². The van der Waals surface area contributed by atoms with Gasteiger partial charge in [-0.2, -0.15) is 0 Å². The van der Waals surface area contributed by atoms with Crippen molar-refractivity contribution in [2.24, 2.45) is 0 Å². The van der Waals surface area contributed by atoms with Crippen LogP contribution in [-0.2, 0) is 20.0 Å². The normalized spacial score (nSPS) is 11.8. The van der Waals surface area contributed by atoms with Crippen molar-refractivity contribution in [2.75, 3.05) is 9.44 Å². The predicted molar refractivity (Wildman–Crippen MR) is 116 cm³/mol. The van der Waals surface area contributed by atoms with Crippen LogP contribution in [-0.4, -0.2) is 16.8 Å². The van der Waals surface area contributed by atoms with Crippen LogP contribution in [0, 0.1) is 0 Å². The van der Waals surface area contributed by atoms with Crippen LogP contribution >= 0.6 is 34.8 Å². The summed E-state index contributed by atoms with van der Waals surface area (Å²) in [5.74, 6) is 0. The van der Waals surface area contributed by atoms with Crippen LogP contribution < -0.4 is 9.44 Å². The fourth-order valence-corrected chi connectivity index (χ4v) is 5.48. The second-order valence-electron chi connectivity index (χ2n) is 5.79. The highest BCUT2D eigenvalue weighted by Gasteiger charge is 2.20. The lowest BCUT2D eigenvalue weighted by Gasteiger charge is -2.12. The molecule has 0 aliphatic carbocycles. The third kappa shape index (κ3) is 5.15. The van der Waals surface area contributed by atoms with E-state index in [0.717, 1.165) is 0 Å². The molecule has 0 aliphatic heterocycles. The second kappa shape index (κ2) is 8.41. The van der Waals surface area contributed by atoms with Crippen LogP contribution in [0.25, 0.3) is 0 Å². The maximum absolute atomic E-state index is 12.5. The smallest absolute Gasteiger partial charge is 0.263 e. The Morgan fingerprint density at radius 2 is 1.31 bits per heavy atom. The summed E-state index contributed by atoms with van der Waals surface area (Å²) in [6.45, 7) is 0. The minimum atomic E-state index is -4.02. The summed E-state index contributed by atoms with van der Waals surface area (Å²) in [6.07, 6.45) is 0. The molecule has 0 aromatic heterocycles. The van der Waals surface area contributed by atoms with Gasteiger partial charge in [-0.1, -0.05) is 46.9 Å². The summed E-state index contributed by atoms with van der Waals surface area (Å²) in [4.78, 5) is -0.259. The highest BCUT2D eigenvalue weighted by atomic mass is 35.5. The molecule has 0 spiro atoms. The SMILES string of the molecule is O=S(=O)(Nc1ccccc1Cl)c1ccc(NS(=O)(=O)c2cc(Cl)ccc2Cl)cc1. The van der Waals surface area contributed by atoms with Gasteiger partial charge in [0.05, 0.1) is 20.6 Å². The number of nitrogens with one attached hydrogen (secondary N) is 2. The molecular weight excluding hydrogens is 479 g/mol. The zero-order valence-electron chi connectivity index (χ0n) is 14.4. The molecule has 6 nitrogen and oxygen atoms in total. The van der Waals surface area contributed by atoms with Crippen molar-refractivity contribution < 1.29 is 16.8 Å². The number of sulfonamides is 2. The molecule has 0 amide bonds. The Bertz CT molecular complexity index is 1260. The lowest BCUT2D eigenvalue weighted by molar-refractivity contribution is 0.600. The van der Waals surface area contributed by atoms with Crippen molar-refractivity contribution in [3.63, 3.8) is 0 Å². The van der Waals surface area contributed by atoms with Crippen LogP contribution in [0.2, 0.25) is 15.1 Å². The molecule has 3 aromatic carbocycles. The summed E-state index contributed by atoms with van der Waals surface area (Å²) in [6, 6.07) is 15.6. The van der Waals surface area contributed by atoms with E-state index in [9.17, 15) is 16.8 Å². The van der Waals surface area contributed by atoms with E-state index in [2.05, 4.69) is 9.44 Å². The molecule has 29 heavy (non-hydrogen) atoms. The number of halogens is 3. The van der Waals surface area contributed by atoms with Crippen molar-refractivity contribution >= 4 is 66.2 Å². The first kappa shape index (κ1) is 21.7. The Labute approximate surface area is 183 Å². The van der Waals surface area contributed by atoms with E-state index in [1.54, 1.807) is 18.2 Å². The third-order valence-electron chi connectivity index (χ3n) is 3.72. The van der Waals surface area contributed by atoms with E-state index in [-0.39, 0.29) is 36.2 Å². The fraction of sp³-hybridized carbons (Fsp3) is 0. The number of para-hydroxylation sites is 1. The first-order valence-electron chi connectivity index (χ1n) is 7.94. The molecule has 3 rings (SSSR count). The van der Waals surface area contributed by atoms with Gasteiger partial charge in [0.15, 0.2) is 0 Å². The zero-order valence-corrected chi connectivity index (χ0v) is 18.3. The molecule has 2 N–H and O–H groups in total. The number of benzene rings is 3. The first-order valence-corrected chi connectivity index (χ1v) is 12.0. The van der Waals surface area contributed by atoms with Crippen molar-refractivity contribution in [2.45, 2.75) is 9.79 Å². The molecule has 0 saturated carbocycles. The largest absolute Gasteiger partial charge is 0.280 e. The van der Waals surface area contributed by atoms with Crippen molar-refractivity contribution in [3.8, 4) is 0 Å². The molecule has 0 bridgehead atoms. The Hall–Kier alpha value is -1.97. The maximum atomic E-state index is 12.5. The lowest BCUT2D eigenvalue weighted by atomic mass is 10.3. The monoisotopic (exact) mass is 490 g/mol. The highest BCUT2D eigenvalue weighted by Crippen LogP contribution is 2.28. The van der Waals surface area contributed by atoms with Crippen molar-refractivity contribution in [1.82, 2.24) is 0 Å². The van der Waals surface area contributed by atoms with Crippen molar-refractivity contribution in [3.05, 3.63) is 81.8 Å². The summed E-state index contributed by atoms with van der Waals surface area (Å²) in [5.41, 5.74) is 0.382. The Kier molecular flexibility index (Phi) is 6.30. The van der Waals surface area contributed by atoms with Gasteiger partial charge in [0, 0.05) is 10.7 Å². The van der Waals surface area contributed by atoms with Crippen LogP contribution in [0.4, 0.5) is 11.4 Å². The number of rotatable bonds is 6. The minimum absolute atomic E-state index is 0.00466. The average Bonchev–Trinajstić information content (AvgIpc) is 2.65. The maximum Gasteiger partial charge on any atom is 0.263 e. The number of anilines is 2. The number of hydrogen-bond acceptors (Lipinski definition) is 4. The van der Waals surface area contributed by atoms with Gasteiger partial charge in [-0.3, -0.25) is 9.44 Å². The summed E-state index contributed by atoms with van der Waals surface area (Å²) in [5, 5.41) is 0.464. The van der Waals surface area contributed by atoms with Gasteiger partial charge in [-0.05, 0) is 54.6 Å². The minimum Gasteiger partial charge on any atom is -0.280 e. The van der Waals surface area contributed by atoms with Gasteiger partial charge in [0.25, 0.3) is 20.0 Å². The molecule has 152 valence electrons. The van der Waals surface area contributed by atoms with E-state index in [4.69, 9.17) is 34.8 Å². The standard InChI is InChI=1S/C18H13Cl3N2O4S2/c19-12-5-10-16(21)18(11-12)29(26,27)22-13-6-8-14(9-7-13)28(24,25)23-17-4-2-1-3-15(17)20/h1-11,22-23H. The predicted octanol–water partition coefficient (Wildman–Crippen LogP) is 5.25. The molecular formula is C18H13Cl3N2O4S2. The van der Waals surface area contributed by atoms with Gasteiger partial charge in [0.2, 0.25) is 0 Å². The topological polar surface area (TPSA) is 92.3 Å². The van der Waals surface area contributed by atoms with Crippen molar-refractivity contribution in [1.29, 1.82) is 0 Å². The van der Waals surface area contributed by atoms with E-state index >= 15 is 0 Å². The molecule has 0 radical (unpaired) electrons. The first-order chi connectivity index (χ1) is 13.6. The van der Waals surface area contributed by atoms with Crippen LogP contribution in [0.3, 0.4) is 0 Å². The Morgan fingerprint density at radius 3 is 1.97 bits per heavy atom. The van der Waals surface area contributed by atoms with Gasteiger partial charge in [-0.15, -0.1) is 0 Å². The molecule has 11 heteroatoms. The van der Waals surface area contributed by atoms with Gasteiger partial charge < -0.3 is 0 Å². The van der Waals surface area contributed by atoms with E-state index < -0.39 is 20.0 Å². The summed E-state index contributed by atoms with van der Waals surface area (Å²) >= 11 is 17.8. The van der Waals surface area contributed by atoms with E-state index in [1.807, 2.05) is 0 Å². The van der Waals surface area contributed by atoms with E-state index in [0.29, 0.717) is 0 Å². The highest BCUT2D eigenvalue weighted by molar-refractivity contribution is 7.93. The zero-order chi connectivity index (χ0) is 21.2. The molecule has 3 aromatic rings. The molecule has 0 saturated heterocycles. The van der Waals surface area contributed by atoms with Crippen LogP contribution in [0.15, 0.2) is 76.5 Å². The summed E-state index contributed by atoms with van der Waals surface area (Å²) in [7, 11) is -7.93. The third-order valence-corrected chi connectivity index (χ3v) is 7.53. The van der Waals surface area contributed by atoms with Gasteiger partial charge >= 0.3 is 0 Å².